The summed E-state index contributed by atoms with van der Waals surface area (Å²) in [6.07, 6.45) is 4.19. The van der Waals surface area contributed by atoms with Crippen LogP contribution in [0.3, 0.4) is 0 Å². The lowest BCUT2D eigenvalue weighted by Gasteiger charge is -2.33. The van der Waals surface area contributed by atoms with Crippen LogP contribution < -0.4 is 5.73 Å². The number of likely N-dealkylation sites (tertiary alicyclic amines) is 1. The van der Waals surface area contributed by atoms with Gasteiger partial charge in [0.15, 0.2) is 0 Å². The molecule has 0 saturated carbocycles. The van der Waals surface area contributed by atoms with E-state index < -0.39 is 11.9 Å². The maximum atomic E-state index is 12.6. The molecule has 1 aliphatic rings. The first-order chi connectivity index (χ1) is 11.0. The summed E-state index contributed by atoms with van der Waals surface area (Å²) in [5.74, 6) is -0.494. The van der Waals surface area contributed by atoms with Crippen LogP contribution in [0.1, 0.15) is 30.4 Å². The minimum absolute atomic E-state index is 0.0778. The molecule has 1 fully saturated rings. The van der Waals surface area contributed by atoms with Crippen LogP contribution in [0.25, 0.3) is 11.0 Å². The molecule has 1 saturated heterocycles. The SMILES string of the molecule is Cc1cc2ncn(CC(=O)N3CCCCC3C(N)=O)c2cc1C. The third-order valence-corrected chi connectivity index (χ3v) is 4.69. The number of carbonyl (C=O) groups is 2. The minimum atomic E-state index is -0.477. The molecule has 2 aromatic rings. The number of piperidine rings is 1. The van der Waals surface area contributed by atoms with Crippen molar-refractivity contribution in [2.24, 2.45) is 5.73 Å². The molecule has 0 aliphatic carbocycles. The van der Waals surface area contributed by atoms with Gasteiger partial charge in [0.1, 0.15) is 12.6 Å². The van der Waals surface area contributed by atoms with Gasteiger partial charge in [0.05, 0.1) is 17.4 Å². The molecule has 23 heavy (non-hydrogen) atoms. The number of nitrogens with two attached hydrogens (primary N) is 1. The Bertz CT molecular complexity index is 765. The van der Waals surface area contributed by atoms with Gasteiger partial charge >= 0.3 is 0 Å². The van der Waals surface area contributed by atoms with Crippen LogP contribution in [-0.4, -0.2) is 38.9 Å². The molecule has 3 rings (SSSR count). The molecule has 0 radical (unpaired) electrons. The highest BCUT2D eigenvalue weighted by Gasteiger charge is 2.30. The molecule has 6 nitrogen and oxygen atoms in total. The van der Waals surface area contributed by atoms with Gasteiger partial charge in [-0.15, -0.1) is 0 Å². The summed E-state index contributed by atoms with van der Waals surface area (Å²) in [4.78, 5) is 30.2. The molecule has 6 heteroatoms. The van der Waals surface area contributed by atoms with E-state index in [1.165, 1.54) is 11.1 Å². The predicted octanol–water partition coefficient (Wildman–Crippen LogP) is 1.52. The predicted molar refractivity (Wildman–Crippen MR) is 87.8 cm³/mol. The van der Waals surface area contributed by atoms with Crippen LogP contribution >= 0.6 is 0 Å². The quantitative estimate of drug-likeness (QED) is 0.932. The van der Waals surface area contributed by atoms with Crippen molar-refractivity contribution in [1.29, 1.82) is 0 Å². The van der Waals surface area contributed by atoms with Gasteiger partial charge in [-0.3, -0.25) is 9.59 Å². The van der Waals surface area contributed by atoms with Crippen molar-refractivity contribution in [2.75, 3.05) is 6.54 Å². The van der Waals surface area contributed by atoms with Gasteiger partial charge < -0.3 is 15.2 Å². The van der Waals surface area contributed by atoms with Crippen molar-refractivity contribution in [3.8, 4) is 0 Å². The molecule has 1 aromatic carbocycles. The summed E-state index contributed by atoms with van der Waals surface area (Å²) >= 11 is 0. The standard InChI is InChI=1S/C17H22N4O2/c1-11-7-13-15(8-12(11)2)20(10-19-13)9-16(22)21-6-4-3-5-14(21)17(18)23/h7-8,10,14H,3-6,9H2,1-2H3,(H2,18,23). The van der Waals surface area contributed by atoms with E-state index in [-0.39, 0.29) is 12.5 Å². The number of imidazole rings is 1. The summed E-state index contributed by atoms with van der Waals surface area (Å²) in [5.41, 5.74) is 9.61. The lowest BCUT2D eigenvalue weighted by Crippen LogP contribution is -2.51. The normalized spacial score (nSPS) is 18.3. The van der Waals surface area contributed by atoms with E-state index in [0.717, 1.165) is 23.9 Å². The van der Waals surface area contributed by atoms with E-state index in [4.69, 9.17) is 5.73 Å². The van der Waals surface area contributed by atoms with E-state index >= 15 is 0 Å². The largest absolute Gasteiger partial charge is 0.368 e. The van der Waals surface area contributed by atoms with Crippen molar-refractivity contribution in [2.45, 2.75) is 45.7 Å². The second-order valence-corrected chi connectivity index (χ2v) is 6.30. The Morgan fingerprint density at radius 2 is 2.00 bits per heavy atom. The van der Waals surface area contributed by atoms with Crippen LogP contribution in [0.5, 0.6) is 0 Å². The number of hydrogen-bond donors (Lipinski definition) is 1. The van der Waals surface area contributed by atoms with E-state index in [1.54, 1.807) is 11.2 Å². The first-order valence-corrected chi connectivity index (χ1v) is 7.98. The van der Waals surface area contributed by atoms with Crippen LogP contribution in [0, 0.1) is 13.8 Å². The second-order valence-electron chi connectivity index (χ2n) is 6.30. The number of carbonyl (C=O) groups excluding carboxylic acids is 2. The Hall–Kier alpha value is -2.37. The fraction of sp³-hybridized carbons (Fsp3) is 0.471. The Labute approximate surface area is 135 Å². The zero-order valence-corrected chi connectivity index (χ0v) is 13.6. The third kappa shape index (κ3) is 2.93. The van der Waals surface area contributed by atoms with Crippen LogP contribution in [0.15, 0.2) is 18.5 Å². The van der Waals surface area contributed by atoms with Crippen molar-refractivity contribution >= 4 is 22.8 Å². The van der Waals surface area contributed by atoms with Crippen molar-refractivity contribution in [1.82, 2.24) is 14.5 Å². The molecular formula is C17H22N4O2. The van der Waals surface area contributed by atoms with Gasteiger partial charge in [-0.2, -0.15) is 0 Å². The molecule has 2 amide bonds. The fourth-order valence-corrected chi connectivity index (χ4v) is 3.20. The van der Waals surface area contributed by atoms with Gasteiger partial charge in [-0.25, -0.2) is 4.98 Å². The van der Waals surface area contributed by atoms with Gasteiger partial charge in [0, 0.05) is 6.54 Å². The van der Waals surface area contributed by atoms with E-state index in [0.29, 0.717) is 13.0 Å². The number of nitrogens with zero attached hydrogens (tertiary/aromatic N) is 3. The molecule has 2 heterocycles. The van der Waals surface area contributed by atoms with Crippen molar-refractivity contribution < 1.29 is 9.59 Å². The number of benzene rings is 1. The molecule has 1 aliphatic heterocycles. The Kier molecular flexibility index (Phi) is 4.07. The molecule has 0 bridgehead atoms. The van der Waals surface area contributed by atoms with Gasteiger partial charge in [-0.1, -0.05) is 0 Å². The number of aromatic nitrogens is 2. The highest BCUT2D eigenvalue weighted by molar-refractivity contribution is 5.87. The zero-order valence-electron chi connectivity index (χ0n) is 13.6. The van der Waals surface area contributed by atoms with E-state index in [1.807, 2.05) is 30.5 Å². The summed E-state index contributed by atoms with van der Waals surface area (Å²) in [6.45, 7) is 4.87. The molecular weight excluding hydrogens is 292 g/mol. The van der Waals surface area contributed by atoms with Gasteiger partial charge in [0.25, 0.3) is 0 Å². The number of aryl methyl sites for hydroxylation is 2. The van der Waals surface area contributed by atoms with Crippen molar-refractivity contribution in [3.05, 3.63) is 29.6 Å². The second kappa shape index (κ2) is 6.02. The number of fused-ring (bicyclic) bond motifs is 1. The van der Waals surface area contributed by atoms with Crippen LogP contribution in [-0.2, 0) is 16.1 Å². The first kappa shape index (κ1) is 15.5. The molecule has 122 valence electrons. The lowest BCUT2D eigenvalue weighted by molar-refractivity contribution is -0.141. The highest BCUT2D eigenvalue weighted by atomic mass is 16.2. The molecule has 0 spiro atoms. The smallest absolute Gasteiger partial charge is 0.243 e. The maximum Gasteiger partial charge on any atom is 0.243 e. The number of hydrogen-bond acceptors (Lipinski definition) is 3. The minimum Gasteiger partial charge on any atom is -0.368 e. The molecule has 1 atom stereocenters. The summed E-state index contributed by atoms with van der Waals surface area (Å²) in [7, 11) is 0. The summed E-state index contributed by atoms with van der Waals surface area (Å²) < 4.78 is 1.84. The van der Waals surface area contributed by atoms with E-state index in [2.05, 4.69) is 4.98 Å². The Morgan fingerprint density at radius 3 is 2.74 bits per heavy atom. The lowest BCUT2D eigenvalue weighted by atomic mass is 10.0. The highest BCUT2D eigenvalue weighted by Crippen LogP contribution is 2.20. The number of rotatable bonds is 3. The third-order valence-electron chi connectivity index (χ3n) is 4.69. The number of primary amides is 1. The average Bonchev–Trinajstić information content (AvgIpc) is 2.89. The van der Waals surface area contributed by atoms with Crippen LogP contribution in [0.2, 0.25) is 0 Å². The van der Waals surface area contributed by atoms with Crippen LogP contribution in [0.4, 0.5) is 0 Å². The van der Waals surface area contributed by atoms with E-state index in [9.17, 15) is 9.59 Å². The molecule has 2 N–H and O–H groups in total. The topological polar surface area (TPSA) is 81.2 Å². The Morgan fingerprint density at radius 1 is 1.26 bits per heavy atom. The van der Waals surface area contributed by atoms with Gasteiger partial charge in [0.2, 0.25) is 11.8 Å². The maximum absolute atomic E-state index is 12.6. The fourth-order valence-electron chi connectivity index (χ4n) is 3.20. The number of amides is 2. The van der Waals surface area contributed by atoms with Crippen molar-refractivity contribution in [3.63, 3.8) is 0 Å². The first-order valence-electron chi connectivity index (χ1n) is 7.98. The molecule has 1 unspecified atom stereocenters. The average molecular weight is 314 g/mol. The monoisotopic (exact) mass is 314 g/mol. The summed E-state index contributed by atoms with van der Waals surface area (Å²) in [5, 5.41) is 0. The molecule has 1 aromatic heterocycles. The summed E-state index contributed by atoms with van der Waals surface area (Å²) in [6, 6.07) is 3.60. The Balaban J connectivity index is 1.85. The zero-order chi connectivity index (χ0) is 16.6. The van der Waals surface area contributed by atoms with Gasteiger partial charge in [-0.05, 0) is 56.4 Å².